The first kappa shape index (κ1) is 6.74. The summed E-state index contributed by atoms with van der Waals surface area (Å²) in [5.74, 6) is 0. The molecule has 9 heavy (non-hydrogen) atoms. The van der Waals surface area contributed by atoms with Gasteiger partial charge in [0, 0.05) is 19.6 Å². The lowest BCUT2D eigenvalue weighted by Crippen LogP contribution is -2.36. The van der Waals surface area contributed by atoms with Crippen LogP contribution in [0.15, 0.2) is 12.7 Å². The molecule has 3 nitrogen and oxygen atoms in total. The van der Waals surface area contributed by atoms with Crippen molar-refractivity contribution in [2.24, 2.45) is 0 Å². The van der Waals surface area contributed by atoms with Crippen molar-refractivity contribution in [2.75, 3.05) is 26.3 Å². The molecule has 0 radical (unpaired) electrons. The molecule has 1 heterocycles. The van der Waals surface area contributed by atoms with E-state index in [1.54, 1.807) is 0 Å². The molecule has 0 aliphatic carbocycles. The minimum Gasteiger partial charge on any atom is -0.302 e. The Bertz CT molecular complexity index is 86.3. The average molecular weight is 127 g/mol. The maximum atomic E-state index is 3.61. The van der Waals surface area contributed by atoms with Crippen LogP contribution in [-0.4, -0.2) is 31.3 Å². The lowest BCUT2D eigenvalue weighted by molar-refractivity contribution is 0.246. The van der Waals surface area contributed by atoms with Gasteiger partial charge < -0.3 is 5.32 Å². The lowest BCUT2D eigenvalue weighted by atomic mass is 10.6. The van der Waals surface area contributed by atoms with E-state index in [1.165, 1.54) is 0 Å². The Morgan fingerprint density at radius 1 is 1.78 bits per heavy atom. The number of hydrazine groups is 1. The summed E-state index contributed by atoms with van der Waals surface area (Å²) in [5.41, 5.74) is 3.18. The normalized spacial score (nSPS) is 20.4. The molecule has 1 fully saturated rings. The Morgan fingerprint density at radius 3 is 3.22 bits per heavy atom. The molecular formula is C6H13N3. The second-order valence-corrected chi connectivity index (χ2v) is 2.07. The lowest BCUT2D eigenvalue weighted by Gasteiger charge is -2.12. The molecule has 52 valence electrons. The van der Waals surface area contributed by atoms with Gasteiger partial charge in [-0.3, -0.25) is 5.43 Å². The summed E-state index contributed by atoms with van der Waals surface area (Å²) in [6.45, 7) is 7.61. The van der Waals surface area contributed by atoms with Crippen LogP contribution in [0.3, 0.4) is 0 Å². The second-order valence-electron chi connectivity index (χ2n) is 2.07. The molecule has 2 N–H and O–H groups in total. The summed E-state index contributed by atoms with van der Waals surface area (Å²) < 4.78 is 0. The summed E-state index contributed by atoms with van der Waals surface area (Å²) >= 11 is 0. The first-order chi connectivity index (χ1) is 4.43. The molecule has 0 atom stereocenters. The van der Waals surface area contributed by atoms with Crippen LogP contribution < -0.4 is 10.7 Å². The third-order valence-corrected chi connectivity index (χ3v) is 1.32. The monoisotopic (exact) mass is 127 g/mol. The number of nitrogens with zero attached hydrogens (tertiary/aromatic N) is 1. The fourth-order valence-corrected chi connectivity index (χ4v) is 0.836. The third kappa shape index (κ3) is 2.13. The summed E-state index contributed by atoms with van der Waals surface area (Å²) in [5, 5.41) is 5.35. The molecular weight excluding hydrogens is 114 g/mol. The average Bonchev–Trinajstić information content (AvgIpc) is 2.34. The van der Waals surface area contributed by atoms with Crippen molar-refractivity contribution in [1.82, 2.24) is 15.8 Å². The van der Waals surface area contributed by atoms with E-state index < -0.39 is 0 Å². The van der Waals surface area contributed by atoms with Crippen molar-refractivity contribution in [3.05, 3.63) is 12.7 Å². The van der Waals surface area contributed by atoms with Crippen molar-refractivity contribution >= 4 is 0 Å². The predicted octanol–water partition coefficient (Wildman–Crippen LogP) is -0.460. The van der Waals surface area contributed by atoms with Crippen LogP contribution in [0.2, 0.25) is 0 Å². The fourth-order valence-electron chi connectivity index (χ4n) is 0.836. The Balaban J connectivity index is 2.04. The van der Waals surface area contributed by atoms with Crippen LogP contribution in [0, 0.1) is 0 Å². The Morgan fingerprint density at radius 2 is 2.67 bits per heavy atom. The molecule has 1 aliphatic rings. The van der Waals surface area contributed by atoms with E-state index in [-0.39, 0.29) is 0 Å². The quantitative estimate of drug-likeness (QED) is 0.502. The summed E-state index contributed by atoms with van der Waals surface area (Å²) in [6.07, 6.45) is 1.86. The van der Waals surface area contributed by atoms with Gasteiger partial charge in [-0.05, 0) is 0 Å². The van der Waals surface area contributed by atoms with E-state index in [0.29, 0.717) is 0 Å². The fraction of sp³-hybridized carbons (Fsp3) is 0.667. The molecule has 0 aromatic heterocycles. The van der Waals surface area contributed by atoms with Crippen molar-refractivity contribution in [2.45, 2.75) is 0 Å². The first-order valence-corrected chi connectivity index (χ1v) is 3.23. The molecule has 0 unspecified atom stereocenters. The number of rotatable bonds is 3. The number of hydrogen-bond donors (Lipinski definition) is 2. The molecule has 0 spiro atoms. The van der Waals surface area contributed by atoms with Gasteiger partial charge >= 0.3 is 0 Å². The predicted molar refractivity (Wildman–Crippen MR) is 37.8 cm³/mol. The SMILES string of the molecule is C=CCNN1CCNC1. The molecule has 0 amide bonds. The van der Waals surface area contributed by atoms with Gasteiger partial charge in [0.05, 0.1) is 6.67 Å². The topological polar surface area (TPSA) is 27.3 Å². The number of hydrogen-bond acceptors (Lipinski definition) is 3. The van der Waals surface area contributed by atoms with Crippen LogP contribution in [0.25, 0.3) is 0 Å². The Kier molecular flexibility index (Phi) is 2.70. The van der Waals surface area contributed by atoms with Gasteiger partial charge in [0.15, 0.2) is 0 Å². The molecule has 1 aliphatic heterocycles. The minimum absolute atomic E-state index is 0.863. The highest BCUT2D eigenvalue weighted by Crippen LogP contribution is 1.84. The van der Waals surface area contributed by atoms with E-state index in [4.69, 9.17) is 0 Å². The van der Waals surface area contributed by atoms with Gasteiger partial charge in [-0.25, -0.2) is 5.01 Å². The highest BCUT2D eigenvalue weighted by atomic mass is 15.6. The van der Waals surface area contributed by atoms with Gasteiger partial charge in [0.1, 0.15) is 0 Å². The molecule has 3 heteroatoms. The van der Waals surface area contributed by atoms with Crippen molar-refractivity contribution < 1.29 is 0 Å². The standard InChI is InChI=1S/C6H13N3/c1-2-3-8-9-5-4-7-6-9/h2,7-8H,1,3-6H2. The Labute approximate surface area is 55.7 Å². The molecule has 0 aromatic rings. The second kappa shape index (κ2) is 3.61. The zero-order chi connectivity index (χ0) is 6.53. The van der Waals surface area contributed by atoms with Gasteiger partial charge in [0.2, 0.25) is 0 Å². The van der Waals surface area contributed by atoms with Crippen LogP contribution in [0.4, 0.5) is 0 Å². The zero-order valence-corrected chi connectivity index (χ0v) is 5.56. The molecule has 0 saturated carbocycles. The minimum atomic E-state index is 0.863. The van der Waals surface area contributed by atoms with Gasteiger partial charge in [-0.1, -0.05) is 6.08 Å². The van der Waals surface area contributed by atoms with E-state index in [0.717, 1.165) is 26.3 Å². The van der Waals surface area contributed by atoms with Gasteiger partial charge in [0.25, 0.3) is 0 Å². The van der Waals surface area contributed by atoms with E-state index in [9.17, 15) is 0 Å². The van der Waals surface area contributed by atoms with Crippen LogP contribution >= 0.6 is 0 Å². The van der Waals surface area contributed by atoms with Crippen LogP contribution in [0.5, 0.6) is 0 Å². The van der Waals surface area contributed by atoms with Crippen LogP contribution in [0.1, 0.15) is 0 Å². The van der Waals surface area contributed by atoms with Crippen molar-refractivity contribution in [1.29, 1.82) is 0 Å². The molecule has 1 saturated heterocycles. The maximum absolute atomic E-state index is 3.61. The van der Waals surface area contributed by atoms with E-state index >= 15 is 0 Å². The van der Waals surface area contributed by atoms with Crippen molar-refractivity contribution in [3.63, 3.8) is 0 Å². The highest BCUT2D eigenvalue weighted by Gasteiger charge is 2.07. The van der Waals surface area contributed by atoms with Crippen LogP contribution in [-0.2, 0) is 0 Å². The number of nitrogens with one attached hydrogen (secondary N) is 2. The molecule has 0 aromatic carbocycles. The third-order valence-electron chi connectivity index (χ3n) is 1.32. The van der Waals surface area contributed by atoms with Crippen molar-refractivity contribution in [3.8, 4) is 0 Å². The molecule has 0 bridgehead atoms. The van der Waals surface area contributed by atoms with Gasteiger partial charge in [-0.15, -0.1) is 6.58 Å². The summed E-state index contributed by atoms with van der Waals surface area (Å²) in [6, 6.07) is 0. The smallest absolute Gasteiger partial charge is 0.0622 e. The zero-order valence-electron chi connectivity index (χ0n) is 5.56. The summed E-state index contributed by atoms with van der Waals surface area (Å²) in [4.78, 5) is 0. The largest absolute Gasteiger partial charge is 0.302 e. The highest BCUT2D eigenvalue weighted by molar-refractivity contribution is 4.70. The van der Waals surface area contributed by atoms with E-state index in [2.05, 4.69) is 22.3 Å². The summed E-state index contributed by atoms with van der Waals surface area (Å²) in [7, 11) is 0. The Hall–Kier alpha value is -0.380. The molecule has 1 rings (SSSR count). The van der Waals surface area contributed by atoms with Gasteiger partial charge in [-0.2, -0.15) is 0 Å². The maximum Gasteiger partial charge on any atom is 0.0622 e. The van der Waals surface area contributed by atoms with E-state index in [1.807, 2.05) is 6.08 Å². The first-order valence-electron chi connectivity index (χ1n) is 3.23.